The highest BCUT2D eigenvalue weighted by molar-refractivity contribution is 8.10. The van der Waals surface area contributed by atoms with Crippen LogP contribution in [0.4, 0.5) is 0 Å². The van der Waals surface area contributed by atoms with Crippen molar-refractivity contribution in [1.29, 1.82) is 0 Å². The zero-order valence-electron chi connectivity index (χ0n) is 19.0. The Bertz CT molecular complexity index is 1480. The van der Waals surface area contributed by atoms with Gasteiger partial charge in [0.1, 0.15) is 0 Å². The van der Waals surface area contributed by atoms with Crippen LogP contribution in [0.2, 0.25) is 0 Å². The number of aryl methyl sites for hydroxylation is 1. The van der Waals surface area contributed by atoms with Crippen molar-refractivity contribution < 1.29 is 25.3 Å². The van der Waals surface area contributed by atoms with Crippen LogP contribution in [-0.2, 0) is 29.7 Å². The normalized spacial score (nSPS) is 18.8. The SMILES string of the molecule is C=CC1CN(S(=O)(=O)c2ccc(C)cc2)CC1(S(=O)(=O)c1ccccc1)S(=O)(=O)c1ccccc1. The standard InChI is InChI=1S/C25H25NO6S3/c1-3-21-18-26(35(31,32)24-16-14-20(2)15-17-24)19-25(21,33(27,28)22-10-6-4-7-11-22)34(29,30)23-12-8-5-9-13-23/h3-17,21H,1,18-19H2,2H3. The lowest BCUT2D eigenvalue weighted by Gasteiger charge is -2.32. The highest BCUT2D eigenvalue weighted by atomic mass is 32.3. The third kappa shape index (κ3) is 3.94. The summed E-state index contributed by atoms with van der Waals surface area (Å²) < 4.78 is 82.1. The zero-order chi connectivity index (χ0) is 25.5. The second kappa shape index (κ2) is 9.02. The van der Waals surface area contributed by atoms with Crippen LogP contribution in [-0.4, -0.2) is 46.7 Å². The number of benzene rings is 3. The summed E-state index contributed by atoms with van der Waals surface area (Å²) in [7, 11) is -13.4. The zero-order valence-corrected chi connectivity index (χ0v) is 21.4. The smallest absolute Gasteiger partial charge is 0.222 e. The van der Waals surface area contributed by atoms with Crippen molar-refractivity contribution in [2.24, 2.45) is 5.92 Å². The second-order valence-corrected chi connectivity index (χ2v) is 15.0. The highest BCUT2D eigenvalue weighted by Crippen LogP contribution is 2.47. The molecule has 1 aliphatic rings. The van der Waals surface area contributed by atoms with Crippen LogP contribution in [0.25, 0.3) is 0 Å². The van der Waals surface area contributed by atoms with Gasteiger partial charge in [-0.1, -0.05) is 60.2 Å². The van der Waals surface area contributed by atoms with Gasteiger partial charge in [0.15, 0.2) is 0 Å². The van der Waals surface area contributed by atoms with E-state index in [1.54, 1.807) is 24.3 Å². The summed E-state index contributed by atoms with van der Waals surface area (Å²) in [6, 6.07) is 20.6. The van der Waals surface area contributed by atoms with Gasteiger partial charge in [-0.05, 0) is 43.3 Å². The Kier molecular flexibility index (Phi) is 6.52. The quantitative estimate of drug-likeness (QED) is 0.433. The minimum atomic E-state index is -4.61. The molecule has 1 fully saturated rings. The van der Waals surface area contributed by atoms with Gasteiger partial charge in [0.05, 0.1) is 14.7 Å². The third-order valence-electron chi connectivity index (χ3n) is 6.32. The molecular formula is C25H25NO6S3. The van der Waals surface area contributed by atoms with E-state index in [-0.39, 0.29) is 21.2 Å². The molecule has 1 heterocycles. The average molecular weight is 532 g/mol. The first kappa shape index (κ1) is 25.3. The second-order valence-electron chi connectivity index (χ2n) is 8.40. The van der Waals surface area contributed by atoms with Gasteiger partial charge in [0, 0.05) is 19.0 Å². The molecule has 1 atom stereocenters. The third-order valence-corrected chi connectivity index (χ3v) is 13.9. The van der Waals surface area contributed by atoms with Gasteiger partial charge in [0.2, 0.25) is 33.8 Å². The lowest BCUT2D eigenvalue weighted by Crippen LogP contribution is -2.52. The molecule has 0 N–H and O–H groups in total. The number of rotatable bonds is 7. The minimum absolute atomic E-state index is 0.0454. The van der Waals surface area contributed by atoms with Crippen LogP contribution in [0, 0.1) is 12.8 Å². The van der Waals surface area contributed by atoms with Crippen LogP contribution < -0.4 is 0 Å². The first-order valence-corrected chi connectivity index (χ1v) is 15.2. The molecule has 0 spiro atoms. The van der Waals surface area contributed by atoms with Crippen molar-refractivity contribution in [2.45, 2.75) is 25.7 Å². The summed E-state index contributed by atoms with van der Waals surface area (Å²) in [5.41, 5.74) is 0.849. The predicted octanol–water partition coefficient (Wildman–Crippen LogP) is 3.45. The van der Waals surface area contributed by atoms with Crippen molar-refractivity contribution in [1.82, 2.24) is 4.31 Å². The molecule has 1 saturated heterocycles. The predicted molar refractivity (Wildman–Crippen MR) is 134 cm³/mol. The molecule has 35 heavy (non-hydrogen) atoms. The summed E-state index contributed by atoms with van der Waals surface area (Å²) in [5.74, 6) is -1.22. The first-order valence-electron chi connectivity index (χ1n) is 10.8. The molecule has 0 aliphatic carbocycles. The molecular weight excluding hydrogens is 506 g/mol. The fraction of sp³-hybridized carbons (Fsp3) is 0.200. The molecule has 0 amide bonds. The number of hydrogen-bond donors (Lipinski definition) is 0. The molecule has 0 aromatic heterocycles. The molecule has 0 saturated carbocycles. The van der Waals surface area contributed by atoms with Crippen molar-refractivity contribution in [3.63, 3.8) is 0 Å². The van der Waals surface area contributed by atoms with Gasteiger partial charge in [-0.2, -0.15) is 4.31 Å². The van der Waals surface area contributed by atoms with E-state index in [1.165, 1.54) is 66.7 Å². The maximum Gasteiger partial charge on any atom is 0.243 e. The van der Waals surface area contributed by atoms with Gasteiger partial charge in [-0.3, -0.25) is 0 Å². The summed E-state index contributed by atoms with van der Waals surface area (Å²) in [6.45, 7) is 4.39. The molecule has 184 valence electrons. The van der Waals surface area contributed by atoms with Gasteiger partial charge in [0.25, 0.3) is 0 Å². The molecule has 4 rings (SSSR count). The summed E-state index contributed by atoms with van der Waals surface area (Å²) in [5, 5.41) is 0. The Morgan fingerprint density at radius 3 is 1.63 bits per heavy atom. The Morgan fingerprint density at radius 2 is 1.20 bits per heavy atom. The maximum atomic E-state index is 14.2. The van der Waals surface area contributed by atoms with E-state index in [0.717, 1.165) is 9.87 Å². The molecule has 0 bridgehead atoms. The van der Waals surface area contributed by atoms with E-state index in [2.05, 4.69) is 6.58 Å². The van der Waals surface area contributed by atoms with E-state index in [1.807, 2.05) is 6.92 Å². The van der Waals surface area contributed by atoms with E-state index in [4.69, 9.17) is 0 Å². The highest BCUT2D eigenvalue weighted by Gasteiger charge is 2.66. The van der Waals surface area contributed by atoms with Crippen LogP contribution in [0.3, 0.4) is 0 Å². The fourth-order valence-corrected chi connectivity index (χ4v) is 11.4. The van der Waals surface area contributed by atoms with Gasteiger partial charge >= 0.3 is 0 Å². The molecule has 0 radical (unpaired) electrons. The minimum Gasteiger partial charge on any atom is -0.222 e. The maximum absolute atomic E-state index is 14.2. The fourth-order valence-electron chi connectivity index (χ4n) is 4.39. The van der Waals surface area contributed by atoms with Crippen molar-refractivity contribution in [3.8, 4) is 0 Å². The summed E-state index contributed by atoms with van der Waals surface area (Å²) in [4.78, 5) is -0.460. The number of nitrogens with zero attached hydrogens (tertiary/aromatic N) is 1. The lowest BCUT2D eigenvalue weighted by molar-refractivity contribution is 0.468. The Labute approximate surface area is 206 Å². The molecule has 3 aromatic carbocycles. The van der Waals surface area contributed by atoms with Gasteiger partial charge in [-0.15, -0.1) is 6.58 Å². The van der Waals surface area contributed by atoms with Crippen molar-refractivity contribution in [3.05, 3.63) is 103 Å². The number of hydrogen-bond acceptors (Lipinski definition) is 6. The molecule has 7 nitrogen and oxygen atoms in total. The van der Waals surface area contributed by atoms with E-state index < -0.39 is 46.2 Å². The molecule has 1 unspecified atom stereocenters. The molecule has 1 aliphatic heterocycles. The van der Waals surface area contributed by atoms with Crippen LogP contribution in [0.1, 0.15) is 5.56 Å². The van der Waals surface area contributed by atoms with Crippen LogP contribution >= 0.6 is 0 Å². The lowest BCUT2D eigenvalue weighted by atomic mass is 10.1. The Morgan fingerprint density at radius 1 is 0.743 bits per heavy atom. The number of sulfone groups is 2. The van der Waals surface area contributed by atoms with Gasteiger partial charge < -0.3 is 0 Å². The average Bonchev–Trinajstić information content (AvgIpc) is 3.29. The monoisotopic (exact) mass is 531 g/mol. The summed E-state index contributed by atoms with van der Waals surface area (Å²) in [6.07, 6.45) is 1.23. The van der Waals surface area contributed by atoms with Crippen molar-refractivity contribution in [2.75, 3.05) is 13.1 Å². The number of sulfonamides is 1. The first-order chi connectivity index (χ1) is 16.5. The van der Waals surface area contributed by atoms with Crippen molar-refractivity contribution >= 4 is 29.7 Å². The van der Waals surface area contributed by atoms with Gasteiger partial charge in [-0.25, -0.2) is 25.3 Å². The van der Waals surface area contributed by atoms with Crippen LogP contribution in [0.5, 0.6) is 0 Å². The largest absolute Gasteiger partial charge is 0.243 e. The van der Waals surface area contributed by atoms with Crippen LogP contribution in [0.15, 0.2) is 112 Å². The Hall–Kier alpha value is -2.79. The molecule has 3 aromatic rings. The Balaban J connectivity index is 1.98. The molecule has 10 heteroatoms. The van der Waals surface area contributed by atoms with E-state index in [9.17, 15) is 25.3 Å². The summed E-state index contributed by atoms with van der Waals surface area (Å²) >= 11 is 0. The van der Waals surface area contributed by atoms with E-state index >= 15 is 0 Å². The van der Waals surface area contributed by atoms with E-state index in [0.29, 0.717) is 0 Å². The topological polar surface area (TPSA) is 106 Å².